The number of rotatable bonds is 4. The van der Waals surface area contributed by atoms with E-state index in [0.29, 0.717) is 6.10 Å². The first-order valence-electron chi connectivity index (χ1n) is 5.78. The molecule has 2 fully saturated rings. The summed E-state index contributed by atoms with van der Waals surface area (Å²) >= 11 is 0. The zero-order chi connectivity index (χ0) is 9.97. The standard InChI is InChI=1S/C11H22N2O/c1-9(14-2)7-12-11-4-6-13-5-3-10(11)8-13/h9-12H,3-8H2,1-2H3. The van der Waals surface area contributed by atoms with Crippen LogP contribution in [0.1, 0.15) is 19.8 Å². The molecular formula is C11H22N2O. The summed E-state index contributed by atoms with van der Waals surface area (Å²) in [6, 6.07) is 0.742. The summed E-state index contributed by atoms with van der Waals surface area (Å²) in [4.78, 5) is 2.59. The molecule has 0 aromatic heterocycles. The molecule has 0 saturated carbocycles. The molecule has 82 valence electrons. The molecule has 2 aliphatic heterocycles. The van der Waals surface area contributed by atoms with E-state index >= 15 is 0 Å². The maximum Gasteiger partial charge on any atom is 0.0667 e. The third-order valence-corrected chi connectivity index (χ3v) is 3.70. The van der Waals surface area contributed by atoms with E-state index in [2.05, 4.69) is 17.1 Å². The number of hydrogen-bond donors (Lipinski definition) is 1. The van der Waals surface area contributed by atoms with E-state index in [-0.39, 0.29) is 0 Å². The highest BCUT2D eigenvalue weighted by molar-refractivity contribution is 4.90. The van der Waals surface area contributed by atoms with Gasteiger partial charge in [0.05, 0.1) is 6.10 Å². The largest absolute Gasteiger partial charge is 0.380 e. The van der Waals surface area contributed by atoms with E-state index in [0.717, 1.165) is 18.5 Å². The van der Waals surface area contributed by atoms with E-state index in [1.807, 2.05) is 0 Å². The van der Waals surface area contributed by atoms with Gasteiger partial charge in [-0.2, -0.15) is 0 Å². The Labute approximate surface area is 86.8 Å². The van der Waals surface area contributed by atoms with Gasteiger partial charge in [0.1, 0.15) is 0 Å². The normalized spacial score (nSPS) is 38.6. The van der Waals surface area contributed by atoms with Gasteiger partial charge in [0, 0.05) is 26.2 Å². The van der Waals surface area contributed by atoms with Crippen LogP contribution in [0.3, 0.4) is 0 Å². The van der Waals surface area contributed by atoms with Crippen molar-refractivity contribution in [3.8, 4) is 0 Å². The first-order chi connectivity index (χ1) is 6.79. The Morgan fingerprint density at radius 1 is 1.43 bits per heavy atom. The van der Waals surface area contributed by atoms with Crippen LogP contribution in [0.25, 0.3) is 0 Å². The van der Waals surface area contributed by atoms with Crippen LogP contribution in [0.2, 0.25) is 0 Å². The molecule has 0 aliphatic carbocycles. The second kappa shape index (κ2) is 4.60. The van der Waals surface area contributed by atoms with Crippen LogP contribution >= 0.6 is 0 Å². The average molecular weight is 198 g/mol. The van der Waals surface area contributed by atoms with Gasteiger partial charge in [0.2, 0.25) is 0 Å². The van der Waals surface area contributed by atoms with Gasteiger partial charge in [0.25, 0.3) is 0 Å². The smallest absolute Gasteiger partial charge is 0.0667 e. The highest BCUT2D eigenvalue weighted by Gasteiger charge is 2.33. The Kier molecular flexibility index (Phi) is 3.42. The van der Waals surface area contributed by atoms with Crippen molar-refractivity contribution in [3.63, 3.8) is 0 Å². The zero-order valence-corrected chi connectivity index (χ0v) is 9.33. The number of nitrogens with zero attached hydrogens (tertiary/aromatic N) is 1. The van der Waals surface area contributed by atoms with Crippen LogP contribution in [0, 0.1) is 5.92 Å². The van der Waals surface area contributed by atoms with Gasteiger partial charge in [-0.1, -0.05) is 0 Å². The molecule has 0 spiro atoms. The maximum atomic E-state index is 5.25. The lowest BCUT2D eigenvalue weighted by Crippen LogP contribution is -2.45. The van der Waals surface area contributed by atoms with Crippen LogP contribution in [0.15, 0.2) is 0 Å². The predicted molar refractivity (Wildman–Crippen MR) is 57.4 cm³/mol. The summed E-state index contributed by atoms with van der Waals surface area (Å²) < 4.78 is 5.25. The second-order valence-corrected chi connectivity index (χ2v) is 4.70. The number of fused-ring (bicyclic) bond motifs is 2. The molecule has 1 N–H and O–H groups in total. The van der Waals surface area contributed by atoms with Gasteiger partial charge in [-0.15, -0.1) is 0 Å². The van der Waals surface area contributed by atoms with Crippen molar-refractivity contribution in [2.75, 3.05) is 33.3 Å². The van der Waals surface area contributed by atoms with E-state index in [1.165, 1.54) is 32.5 Å². The highest BCUT2D eigenvalue weighted by Crippen LogP contribution is 2.26. The topological polar surface area (TPSA) is 24.5 Å². The Morgan fingerprint density at radius 2 is 2.21 bits per heavy atom. The second-order valence-electron chi connectivity index (χ2n) is 4.70. The average Bonchev–Trinajstić information content (AvgIpc) is 2.60. The molecule has 2 aliphatic rings. The van der Waals surface area contributed by atoms with E-state index in [9.17, 15) is 0 Å². The van der Waals surface area contributed by atoms with Crippen molar-refractivity contribution in [1.82, 2.24) is 10.2 Å². The quantitative estimate of drug-likeness (QED) is 0.720. The molecular weight excluding hydrogens is 176 g/mol. The van der Waals surface area contributed by atoms with Crippen molar-refractivity contribution >= 4 is 0 Å². The van der Waals surface area contributed by atoms with E-state index in [1.54, 1.807) is 7.11 Å². The molecule has 4 unspecified atom stereocenters. The van der Waals surface area contributed by atoms with Gasteiger partial charge in [-0.05, 0) is 38.8 Å². The Bertz CT molecular complexity index is 186. The van der Waals surface area contributed by atoms with Crippen LogP contribution in [0.5, 0.6) is 0 Å². The van der Waals surface area contributed by atoms with Crippen molar-refractivity contribution in [2.24, 2.45) is 5.92 Å². The van der Waals surface area contributed by atoms with Crippen LogP contribution in [0.4, 0.5) is 0 Å². The summed E-state index contributed by atoms with van der Waals surface area (Å²) in [6.45, 7) is 7.05. The fraction of sp³-hybridized carbons (Fsp3) is 1.00. The molecule has 2 saturated heterocycles. The summed E-state index contributed by atoms with van der Waals surface area (Å²) in [7, 11) is 1.78. The zero-order valence-electron chi connectivity index (χ0n) is 9.33. The summed E-state index contributed by atoms with van der Waals surface area (Å²) in [5, 5.41) is 3.65. The van der Waals surface area contributed by atoms with Crippen molar-refractivity contribution in [3.05, 3.63) is 0 Å². The summed E-state index contributed by atoms with van der Waals surface area (Å²) in [5.74, 6) is 0.896. The maximum absolute atomic E-state index is 5.25. The molecule has 2 heterocycles. The Hall–Kier alpha value is -0.120. The molecule has 3 heteroatoms. The van der Waals surface area contributed by atoms with Crippen molar-refractivity contribution < 1.29 is 4.74 Å². The Balaban J connectivity index is 1.75. The highest BCUT2D eigenvalue weighted by atomic mass is 16.5. The molecule has 2 rings (SSSR count). The van der Waals surface area contributed by atoms with Gasteiger partial charge >= 0.3 is 0 Å². The molecule has 0 aromatic carbocycles. The van der Waals surface area contributed by atoms with Gasteiger partial charge in [-0.25, -0.2) is 0 Å². The first kappa shape index (κ1) is 10.4. The van der Waals surface area contributed by atoms with E-state index in [4.69, 9.17) is 4.74 Å². The number of piperidine rings is 1. The van der Waals surface area contributed by atoms with Crippen LogP contribution in [-0.2, 0) is 4.74 Å². The molecule has 0 amide bonds. The minimum atomic E-state index is 0.342. The molecule has 14 heavy (non-hydrogen) atoms. The number of methoxy groups -OCH3 is 1. The molecule has 4 atom stereocenters. The molecule has 2 bridgehead atoms. The summed E-state index contributed by atoms with van der Waals surface area (Å²) in [5.41, 5.74) is 0. The van der Waals surface area contributed by atoms with Crippen LogP contribution in [-0.4, -0.2) is 50.3 Å². The fourth-order valence-electron chi connectivity index (χ4n) is 2.62. The van der Waals surface area contributed by atoms with Gasteiger partial charge < -0.3 is 15.0 Å². The molecule has 3 nitrogen and oxygen atoms in total. The summed E-state index contributed by atoms with van der Waals surface area (Å²) in [6.07, 6.45) is 3.05. The van der Waals surface area contributed by atoms with Crippen LogP contribution < -0.4 is 5.32 Å². The molecule has 0 radical (unpaired) electrons. The van der Waals surface area contributed by atoms with E-state index < -0.39 is 0 Å². The lowest BCUT2D eigenvalue weighted by molar-refractivity contribution is 0.107. The Morgan fingerprint density at radius 3 is 3.00 bits per heavy atom. The lowest BCUT2D eigenvalue weighted by atomic mass is 9.94. The number of ether oxygens (including phenoxy) is 1. The minimum absolute atomic E-state index is 0.342. The third-order valence-electron chi connectivity index (χ3n) is 3.70. The monoisotopic (exact) mass is 198 g/mol. The SMILES string of the molecule is COC(C)CNC1CCN2CCC1C2. The lowest BCUT2D eigenvalue weighted by Gasteiger charge is -2.31. The fourth-order valence-corrected chi connectivity index (χ4v) is 2.62. The third kappa shape index (κ3) is 2.27. The number of hydrogen-bond acceptors (Lipinski definition) is 3. The minimum Gasteiger partial charge on any atom is -0.380 e. The van der Waals surface area contributed by atoms with Gasteiger partial charge in [0.15, 0.2) is 0 Å². The van der Waals surface area contributed by atoms with Gasteiger partial charge in [-0.3, -0.25) is 0 Å². The number of nitrogens with one attached hydrogen (secondary N) is 1. The molecule has 0 aromatic rings. The van der Waals surface area contributed by atoms with Crippen molar-refractivity contribution in [1.29, 1.82) is 0 Å². The van der Waals surface area contributed by atoms with Crippen molar-refractivity contribution in [2.45, 2.75) is 31.9 Å². The first-order valence-corrected chi connectivity index (χ1v) is 5.78. The predicted octanol–water partition coefficient (Wildman–Crippen LogP) is 0.705.